The standard InChI is InChI=1S/C26H21ClN4OS/c1-15-9-10-20(13-22(15)27)30-16(2)11-19(17(30)3)12-21-24(28)31-23(18-7-5-4-6-8-18)14-33-26(31)29-25(21)32/h4-14,28H,1-3H3/b21-12-,28-24?. The maximum absolute atomic E-state index is 12.9. The van der Waals surface area contributed by atoms with Gasteiger partial charge in [0.2, 0.25) is 0 Å². The van der Waals surface area contributed by atoms with Crippen LogP contribution in [0, 0.1) is 26.2 Å². The minimum Gasteiger partial charge on any atom is -0.318 e. The van der Waals surface area contributed by atoms with E-state index in [0.717, 1.165) is 39.5 Å². The third kappa shape index (κ3) is 3.65. The van der Waals surface area contributed by atoms with Crippen molar-refractivity contribution < 1.29 is 4.79 Å². The Bertz CT molecular complexity index is 1420. The van der Waals surface area contributed by atoms with Crippen molar-refractivity contribution in [1.29, 1.82) is 5.41 Å². The van der Waals surface area contributed by atoms with Gasteiger partial charge >= 0.3 is 0 Å². The maximum Gasteiger partial charge on any atom is 0.283 e. The average molecular weight is 473 g/mol. The average Bonchev–Trinajstić information content (AvgIpc) is 3.34. The number of nitrogens with zero attached hydrogens (tertiary/aromatic N) is 3. The van der Waals surface area contributed by atoms with E-state index >= 15 is 0 Å². The molecule has 2 aliphatic rings. The molecule has 2 aromatic carbocycles. The molecule has 1 aromatic heterocycles. The first-order valence-corrected chi connectivity index (χ1v) is 11.7. The number of rotatable bonds is 3. The molecule has 0 radical (unpaired) electrons. The molecule has 3 heterocycles. The van der Waals surface area contributed by atoms with Gasteiger partial charge in [0.25, 0.3) is 5.91 Å². The van der Waals surface area contributed by atoms with Crippen LogP contribution in [0.15, 0.2) is 70.6 Å². The monoisotopic (exact) mass is 472 g/mol. The van der Waals surface area contributed by atoms with E-state index in [1.54, 1.807) is 11.0 Å². The number of benzene rings is 2. The Morgan fingerprint density at radius 1 is 1.06 bits per heavy atom. The summed E-state index contributed by atoms with van der Waals surface area (Å²) in [6.45, 7) is 5.99. The van der Waals surface area contributed by atoms with Crippen LogP contribution in [-0.4, -0.2) is 26.4 Å². The summed E-state index contributed by atoms with van der Waals surface area (Å²) in [4.78, 5) is 18.9. The summed E-state index contributed by atoms with van der Waals surface area (Å²) in [5, 5.41) is 12.0. The van der Waals surface area contributed by atoms with Crippen molar-refractivity contribution in [2.45, 2.75) is 20.8 Å². The van der Waals surface area contributed by atoms with E-state index in [2.05, 4.69) is 9.56 Å². The molecule has 7 heteroatoms. The number of halogens is 1. The van der Waals surface area contributed by atoms with Gasteiger partial charge < -0.3 is 4.57 Å². The lowest BCUT2D eigenvalue weighted by Gasteiger charge is -2.26. The summed E-state index contributed by atoms with van der Waals surface area (Å²) >= 11 is 7.72. The first kappa shape index (κ1) is 21.5. The van der Waals surface area contributed by atoms with E-state index < -0.39 is 5.91 Å². The van der Waals surface area contributed by atoms with Crippen molar-refractivity contribution in [3.8, 4) is 5.69 Å². The molecule has 1 N–H and O–H groups in total. The lowest BCUT2D eigenvalue weighted by molar-refractivity contribution is -0.114. The molecule has 0 unspecified atom stereocenters. The van der Waals surface area contributed by atoms with Crippen molar-refractivity contribution in [2.24, 2.45) is 4.99 Å². The zero-order valence-corrected chi connectivity index (χ0v) is 20.0. The summed E-state index contributed by atoms with van der Waals surface area (Å²) in [6, 6.07) is 17.8. The van der Waals surface area contributed by atoms with Gasteiger partial charge in [-0.05, 0) is 61.7 Å². The Balaban J connectivity index is 1.55. The molecule has 3 aromatic rings. The number of amides is 1. The van der Waals surface area contributed by atoms with Crippen LogP contribution in [0.3, 0.4) is 0 Å². The quantitative estimate of drug-likeness (QED) is 0.451. The fourth-order valence-corrected chi connectivity index (χ4v) is 5.19. The number of aromatic nitrogens is 1. The predicted molar refractivity (Wildman–Crippen MR) is 137 cm³/mol. The minimum atomic E-state index is -0.398. The second kappa shape index (κ2) is 8.21. The maximum atomic E-state index is 12.9. The molecule has 0 spiro atoms. The lowest BCUT2D eigenvalue weighted by atomic mass is 10.1. The number of hydrogen-bond donors (Lipinski definition) is 1. The van der Waals surface area contributed by atoms with E-state index in [-0.39, 0.29) is 11.4 Å². The molecule has 0 saturated heterocycles. The van der Waals surface area contributed by atoms with Crippen LogP contribution in [0.4, 0.5) is 0 Å². The Kier molecular flexibility index (Phi) is 5.35. The zero-order valence-electron chi connectivity index (χ0n) is 18.4. The van der Waals surface area contributed by atoms with E-state index in [0.29, 0.717) is 10.2 Å². The summed E-state index contributed by atoms with van der Waals surface area (Å²) in [5.41, 5.74) is 6.92. The normalized spacial score (nSPS) is 16.8. The van der Waals surface area contributed by atoms with Crippen molar-refractivity contribution in [2.75, 3.05) is 0 Å². The van der Waals surface area contributed by atoms with Crippen molar-refractivity contribution >= 4 is 52.0 Å². The molecule has 164 valence electrons. The van der Waals surface area contributed by atoms with Crippen molar-refractivity contribution in [1.82, 2.24) is 9.47 Å². The Labute approximate surface area is 201 Å². The molecule has 1 amide bonds. The molecule has 0 fully saturated rings. The summed E-state index contributed by atoms with van der Waals surface area (Å²) in [7, 11) is 0. The third-order valence-electron chi connectivity index (χ3n) is 5.87. The highest BCUT2D eigenvalue weighted by molar-refractivity contribution is 8.17. The van der Waals surface area contributed by atoms with E-state index in [4.69, 9.17) is 17.0 Å². The van der Waals surface area contributed by atoms with Crippen LogP contribution in [0.2, 0.25) is 5.02 Å². The Hall–Kier alpha value is -3.35. The number of nitrogens with one attached hydrogen (secondary N) is 1. The van der Waals surface area contributed by atoms with Crippen LogP contribution >= 0.6 is 23.4 Å². The number of carbonyl (C=O) groups is 1. The van der Waals surface area contributed by atoms with Gasteiger partial charge in [0.1, 0.15) is 5.84 Å². The van der Waals surface area contributed by atoms with Crippen LogP contribution in [0.1, 0.15) is 28.1 Å². The van der Waals surface area contributed by atoms with E-state index in [1.807, 2.05) is 80.8 Å². The number of hydrogen-bond acceptors (Lipinski definition) is 3. The smallest absolute Gasteiger partial charge is 0.283 e. The van der Waals surface area contributed by atoms with Crippen LogP contribution in [-0.2, 0) is 4.79 Å². The molecule has 33 heavy (non-hydrogen) atoms. The van der Waals surface area contributed by atoms with Gasteiger partial charge in [-0.25, -0.2) is 0 Å². The highest BCUT2D eigenvalue weighted by Gasteiger charge is 2.36. The number of fused-ring (bicyclic) bond motifs is 1. The van der Waals surface area contributed by atoms with Gasteiger partial charge in [-0.2, -0.15) is 4.99 Å². The largest absolute Gasteiger partial charge is 0.318 e. The molecule has 5 nitrogen and oxygen atoms in total. The Morgan fingerprint density at radius 3 is 2.55 bits per heavy atom. The predicted octanol–water partition coefficient (Wildman–Crippen LogP) is 6.36. The molecular weight excluding hydrogens is 452 g/mol. The molecule has 0 atom stereocenters. The fourth-order valence-electron chi connectivity index (χ4n) is 4.12. The number of aliphatic imine (C=N–C) groups is 1. The van der Waals surface area contributed by atoms with Crippen molar-refractivity contribution in [3.05, 3.63) is 98.7 Å². The highest BCUT2D eigenvalue weighted by atomic mass is 35.5. The summed E-state index contributed by atoms with van der Waals surface area (Å²) in [5.74, 6) is -0.266. The van der Waals surface area contributed by atoms with E-state index in [9.17, 15) is 4.79 Å². The van der Waals surface area contributed by atoms with Gasteiger partial charge in [0, 0.05) is 27.5 Å². The first-order chi connectivity index (χ1) is 15.8. The van der Waals surface area contributed by atoms with E-state index in [1.165, 1.54) is 11.8 Å². The molecule has 0 bridgehead atoms. The first-order valence-electron chi connectivity index (χ1n) is 10.5. The molecular formula is C26H21ClN4OS. The molecule has 5 rings (SSSR count). The Morgan fingerprint density at radius 2 is 1.82 bits per heavy atom. The van der Waals surface area contributed by atoms with Crippen LogP contribution in [0.5, 0.6) is 0 Å². The van der Waals surface area contributed by atoms with Gasteiger partial charge in [-0.3, -0.25) is 15.1 Å². The SMILES string of the molecule is Cc1ccc(-n2c(C)cc(/C=C3/C(=N)N4C(c5ccccc5)=CSC4=NC3=O)c2C)cc1Cl. The second-order valence-corrected chi connectivity index (χ2v) is 9.27. The van der Waals surface area contributed by atoms with Gasteiger partial charge in [0.15, 0.2) is 5.17 Å². The number of aryl methyl sites for hydroxylation is 2. The summed E-state index contributed by atoms with van der Waals surface area (Å²) < 4.78 is 2.10. The number of carbonyl (C=O) groups excluding carboxylic acids is 1. The van der Waals surface area contributed by atoms with Gasteiger partial charge in [0.05, 0.1) is 11.3 Å². The second-order valence-electron chi connectivity index (χ2n) is 8.02. The summed E-state index contributed by atoms with van der Waals surface area (Å²) in [6.07, 6.45) is 1.77. The van der Waals surface area contributed by atoms with Crippen LogP contribution < -0.4 is 0 Å². The fraction of sp³-hybridized carbons (Fsp3) is 0.115. The molecule has 0 saturated carbocycles. The molecule has 2 aliphatic heterocycles. The minimum absolute atomic E-state index is 0.133. The highest BCUT2D eigenvalue weighted by Crippen LogP contribution is 2.37. The third-order valence-corrected chi connectivity index (χ3v) is 7.10. The van der Waals surface area contributed by atoms with Crippen molar-refractivity contribution in [3.63, 3.8) is 0 Å². The zero-order chi connectivity index (χ0) is 23.3. The molecule has 0 aliphatic carbocycles. The number of amidine groups is 2. The van der Waals surface area contributed by atoms with Crippen LogP contribution in [0.25, 0.3) is 17.5 Å². The topological polar surface area (TPSA) is 61.5 Å². The van der Waals surface area contributed by atoms with Gasteiger partial charge in [-0.1, -0.05) is 59.8 Å². The lowest BCUT2D eigenvalue weighted by Crippen LogP contribution is -2.38. The van der Waals surface area contributed by atoms with Gasteiger partial charge in [-0.15, -0.1) is 0 Å². The number of thioether (sulfide) groups is 1.